The third-order valence-corrected chi connectivity index (χ3v) is 4.17. The van der Waals surface area contributed by atoms with Crippen LogP contribution in [-0.2, 0) is 0 Å². The van der Waals surface area contributed by atoms with E-state index in [9.17, 15) is 0 Å². The smallest absolute Gasteiger partial charge is 0.0948 e. The first-order chi connectivity index (χ1) is 9.88. The summed E-state index contributed by atoms with van der Waals surface area (Å²) in [5.41, 5.74) is 0. The van der Waals surface area contributed by atoms with Crippen molar-refractivity contribution in [2.45, 2.75) is 90.0 Å². The second kappa shape index (κ2) is 12.0. The molecule has 0 aromatic carbocycles. The number of aromatic nitrogens is 2. The average Bonchev–Trinajstić information content (AvgIpc) is 2.99. The van der Waals surface area contributed by atoms with Crippen molar-refractivity contribution in [3.8, 4) is 0 Å². The molecule has 1 unspecified atom stereocenters. The molecule has 1 aromatic heterocycles. The Hall–Kier alpha value is -0.790. The van der Waals surface area contributed by atoms with Crippen LogP contribution in [0.25, 0.3) is 0 Å². The predicted molar refractivity (Wildman–Crippen MR) is 87.7 cm³/mol. The van der Waals surface area contributed by atoms with Crippen LogP contribution in [0, 0.1) is 6.92 Å². The van der Waals surface area contributed by atoms with Crippen molar-refractivity contribution >= 4 is 0 Å². The van der Waals surface area contributed by atoms with Gasteiger partial charge in [0.25, 0.3) is 0 Å². The van der Waals surface area contributed by atoms with Crippen molar-refractivity contribution in [1.82, 2.24) is 9.55 Å². The summed E-state index contributed by atoms with van der Waals surface area (Å²) in [7, 11) is 0. The Kier molecular flexibility index (Phi) is 10.3. The second-order valence-corrected chi connectivity index (χ2v) is 5.92. The van der Waals surface area contributed by atoms with Gasteiger partial charge in [0.1, 0.15) is 0 Å². The lowest BCUT2D eigenvalue weighted by Crippen LogP contribution is -2.05. The van der Waals surface area contributed by atoms with Crippen LogP contribution in [0.4, 0.5) is 0 Å². The zero-order valence-corrected chi connectivity index (χ0v) is 13.4. The number of nitrogens with zero attached hydrogens (tertiary/aromatic N) is 2. The van der Waals surface area contributed by atoms with E-state index in [1.165, 1.54) is 70.6 Å². The summed E-state index contributed by atoms with van der Waals surface area (Å²) in [4.78, 5) is 4.13. The number of rotatable bonds is 13. The van der Waals surface area contributed by atoms with Crippen molar-refractivity contribution in [2.75, 3.05) is 0 Å². The fourth-order valence-electron chi connectivity index (χ4n) is 2.80. The van der Waals surface area contributed by atoms with Crippen LogP contribution in [0.15, 0.2) is 18.7 Å². The molecule has 0 spiro atoms. The van der Waals surface area contributed by atoms with Gasteiger partial charge in [-0.2, -0.15) is 0 Å². The summed E-state index contributed by atoms with van der Waals surface area (Å²) in [5.74, 6) is 0. The zero-order valence-electron chi connectivity index (χ0n) is 13.4. The molecule has 1 rings (SSSR count). The molecule has 20 heavy (non-hydrogen) atoms. The summed E-state index contributed by atoms with van der Waals surface area (Å²) in [6.07, 6.45) is 22.1. The lowest BCUT2D eigenvalue weighted by atomic mass is 10.0. The Labute approximate surface area is 126 Å². The minimum Gasteiger partial charge on any atom is -0.334 e. The Balaban J connectivity index is 1.91. The van der Waals surface area contributed by atoms with E-state index in [2.05, 4.69) is 29.6 Å². The van der Waals surface area contributed by atoms with E-state index in [1.807, 2.05) is 12.5 Å². The SMILES string of the molecule is [CH2]CC(CCCCCCCCCCCC)n1ccnc1. The van der Waals surface area contributed by atoms with Crippen molar-refractivity contribution in [1.29, 1.82) is 0 Å². The molecular weight excluding hydrogens is 244 g/mol. The van der Waals surface area contributed by atoms with Crippen LogP contribution in [0.5, 0.6) is 0 Å². The topological polar surface area (TPSA) is 17.8 Å². The lowest BCUT2D eigenvalue weighted by Gasteiger charge is -2.16. The number of unbranched alkanes of at least 4 members (excludes halogenated alkanes) is 9. The van der Waals surface area contributed by atoms with E-state index in [0.717, 1.165) is 6.42 Å². The van der Waals surface area contributed by atoms with E-state index in [0.29, 0.717) is 6.04 Å². The van der Waals surface area contributed by atoms with Crippen LogP contribution < -0.4 is 0 Å². The van der Waals surface area contributed by atoms with Gasteiger partial charge in [-0.15, -0.1) is 0 Å². The molecule has 0 aliphatic rings. The molecule has 2 nitrogen and oxygen atoms in total. The Bertz CT molecular complexity index is 292. The molecule has 0 aliphatic heterocycles. The Morgan fingerprint density at radius 1 is 0.950 bits per heavy atom. The van der Waals surface area contributed by atoms with E-state index in [4.69, 9.17) is 0 Å². The molecule has 0 bridgehead atoms. The highest BCUT2D eigenvalue weighted by Gasteiger charge is 2.06. The average molecular weight is 277 g/mol. The number of hydrogen-bond donors (Lipinski definition) is 0. The van der Waals surface area contributed by atoms with Gasteiger partial charge < -0.3 is 4.57 Å². The largest absolute Gasteiger partial charge is 0.334 e. The molecule has 0 amide bonds. The summed E-state index contributed by atoms with van der Waals surface area (Å²) in [5, 5.41) is 0. The van der Waals surface area contributed by atoms with Crippen LogP contribution in [-0.4, -0.2) is 9.55 Å². The molecule has 1 radical (unpaired) electrons. The first-order valence-corrected chi connectivity index (χ1v) is 8.65. The molecular formula is C18H33N2. The second-order valence-electron chi connectivity index (χ2n) is 5.92. The predicted octanol–water partition coefficient (Wildman–Crippen LogP) is 5.96. The maximum atomic E-state index is 4.13. The number of imidazole rings is 1. The van der Waals surface area contributed by atoms with Gasteiger partial charge in [0.15, 0.2) is 0 Å². The van der Waals surface area contributed by atoms with Crippen LogP contribution in [0.2, 0.25) is 0 Å². The summed E-state index contributed by atoms with van der Waals surface area (Å²) < 4.78 is 2.21. The summed E-state index contributed by atoms with van der Waals surface area (Å²) >= 11 is 0. The first kappa shape index (κ1) is 17.3. The van der Waals surface area contributed by atoms with E-state index in [-0.39, 0.29) is 0 Å². The fraction of sp³-hybridized carbons (Fsp3) is 0.778. The zero-order chi connectivity index (χ0) is 14.5. The molecule has 0 saturated carbocycles. The highest BCUT2D eigenvalue weighted by atomic mass is 15.0. The molecule has 2 heteroatoms. The molecule has 0 N–H and O–H groups in total. The molecule has 1 atom stereocenters. The minimum atomic E-state index is 0.548. The van der Waals surface area contributed by atoms with Gasteiger partial charge in [-0.1, -0.05) is 78.1 Å². The monoisotopic (exact) mass is 277 g/mol. The van der Waals surface area contributed by atoms with E-state index in [1.54, 1.807) is 0 Å². The molecule has 0 fully saturated rings. The lowest BCUT2D eigenvalue weighted by molar-refractivity contribution is 0.438. The standard InChI is InChI=1S/C18H33N2/c1-3-5-6-7-8-9-10-11-12-13-14-18(4-2)20-16-15-19-17-20/h15-18H,2-14H2,1H3. The summed E-state index contributed by atoms with van der Waals surface area (Å²) in [6.45, 7) is 6.34. The highest BCUT2D eigenvalue weighted by Crippen LogP contribution is 2.19. The molecule has 0 saturated heterocycles. The molecule has 1 heterocycles. The fourth-order valence-corrected chi connectivity index (χ4v) is 2.80. The Morgan fingerprint density at radius 2 is 1.55 bits per heavy atom. The van der Waals surface area contributed by atoms with Crippen molar-refractivity contribution in [2.24, 2.45) is 0 Å². The van der Waals surface area contributed by atoms with Gasteiger partial charge in [0.05, 0.1) is 6.33 Å². The van der Waals surface area contributed by atoms with Crippen LogP contribution >= 0.6 is 0 Å². The van der Waals surface area contributed by atoms with Crippen molar-refractivity contribution in [3.63, 3.8) is 0 Å². The third kappa shape index (κ3) is 7.72. The quantitative estimate of drug-likeness (QED) is 0.407. The van der Waals surface area contributed by atoms with Crippen molar-refractivity contribution in [3.05, 3.63) is 25.6 Å². The minimum absolute atomic E-state index is 0.548. The van der Waals surface area contributed by atoms with Gasteiger partial charge >= 0.3 is 0 Å². The first-order valence-electron chi connectivity index (χ1n) is 8.65. The van der Waals surface area contributed by atoms with Gasteiger partial charge in [0.2, 0.25) is 0 Å². The third-order valence-electron chi connectivity index (χ3n) is 4.17. The van der Waals surface area contributed by atoms with E-state index < -0.39 is 0 Å². The number of hydrogen-bond acceptors (Lipinski definition) is 1. The molecule has 0 aliphatic carbocycles. The Morgan fingerprint density at radius 3 is 2.05 bits per heavy atom. The van der Waals surface area contributed by atoms with Gasteiger partial charge in [0, 0.05) is 18.4 Å². The maximum Gasteiger partial charge on any atom is 0.0948 e. The molecule has 115 valence electrons. The van der Waals surface area contributed by atoms with Gasteiger partial charge in [-0.3, -0.25) is 0 Å². The van der Waals surface area contributed by atoms with Gasteiger partial charge in [-0.05, 0) is 12.8 Å². The molecule has 1 aromatic rings. The van der Waals surface area contributed by atoms with Crippen LogP contribution in [0.1, 0.15) is 90.0 Å². The van der Waals surface area contributed by atoms with Crippen LogP contribution in [0.3, 0.4) is 0 Å². The maximum absolute atomic E-state index is 4.13. The highest BCUT2D eigenvalue weighted by molar-refractivity contribution is 4.80. The summed E-state index contributed by atoms with van der Waals surface area (Å²) in [6, 6.07) is 0.548. The van der Waals surface area contributed by atoms with E-state index >= 15 is 0 Å². The normalized spacial score (nSPS) is 12.7. The van der Waals surface area contributed by atoms with Gasteiger partial charge in [-0.25, -0.2) is 4.98 Å². The van der Waals surface area contributed by atoms with Crippen molar-refractivity contribution < 1.29 is 0 Å².